The first-order valence-corrected chi connectivity index (χ1v) is 6.78. The summed E-state index contributed by atoms with van der Waals surface area (Å²) in [5.74, 6) is -1.38. The van der Waals surface area contributed by atoms with E-state index < -0.39 is 12.1 Å². The van der Waals surface area contributed by atoms with Gasteiger partial charge < -0.3 is 14.7 Å². The normalized spacial score (nSPS) is 18.3. The van der Waals surface area contributed by atoms with Crippen LogP contribution in [-0.2, 0) is 14.3 Å². The lowest BCUT2D eigenvalue weighted by atomic mass is 10.1. The van der Waals surface area contributed by atoms with Gasteiger partial charge in [0.15, 0.2) is 11.9 Å². The van der Waals surface area contributed by atoms with Crippen LogP contribution in [0.1, 0.15) is 23.2 Å². The number of carboxylic acids is 1. The monoisotopic (exact) mass is 291 g/mol. The number of hydrogen-bond donors (Lipinski definition) is 1. The molecule has 0 bridgehead atoms. The van der Waals surface area contributed by atoms with Crippen molar-refractivity contribution in [3.05, 3.63) is 35.9 Å². The molecule has 1 amide bonds. The lowest BCUT2D eigenvalue weighted by molar-refractivity contribution is -0.159. The van der Waals surface area contributed by atoms with E-state index in [1.54, 1.807) is 24.3 Å². The Morgan fingerprint density at radius 3 is 2.57 bits per heavy atom. The number of rotatable bonds is 5. The van der Waals surface area contributed by atoms with Crippen molar-refractivity contribution in [3.8, 4) is 0 Å². The van der Waals surface area contributed by atoms with Crippen LogP contribution in [0, 0.1) is 0 Å². The Labute approximate surface area is 122 Å². The molecule has 6 nitrogen and oxygen atoms in total. The number of morpholine rings is 1. The Balaban J connectivity index is 1.84. The van der Waals surface area contributed by atoms with E-state index in [0.29, 0.717) is 12.1 Å². The van der Waals surface area contributed by atoms with Crippen LogP contribution < -0.4 is 0 Å². The van der Waals surface area contributed by atoms with E-state index in [9.17, 15) is 14.4 Å². The summed E-state index contributed by atoms with van der Waals surface area (Å²) >= 11 is 0. The summed E-state index contributed by atoms with van der Waals surface area (Å²) in [5, 5.41) is 8.89. The first kappa shape index (κ1) is 15.2. The molecule has 21 heavy (non-hydrogen) atoms. The molecular formula is C15H17NO5. The van der Waals surface area contributed by atoms with Gasteiger partial charge in [0, 0.05) is 24.9 Å². The average Bonchev–Trinajstić information content (AvgIpc) is 2.53. The Bertz CT molecular complexity index is 528. The number of nitrogens with zero attached hydrogens (tertiary/aromatic N) is 1. The Kier molecular flexibility index (Phi) is 5.05. The van der Waals surface area contributed by atoms with Crippen molar-refractivity contribution >= 4 is 17.7 Å². The molecular weight excluding hydrogens is 274 g/mol. The van der Waals surface area contributed by atoms with Gasteiger partial charge in [-0.15, -0.1) is 0 Å². The molecule has 1 saturated heterocycles. The molecule has 0 aromatic heterocycles. The van der Waals surface area contributed by atoms with Crippen molar-refractivity contribution in [2.75, 3.05) is 19.7 Å². The summed E-state index contributed by atoms with van der Waals surface area (Å²) in [4.78, 5) is 36.2. The predicted octanol–water partition coefficient (Wildman–Crippen LogP) is 0.961. The highest BCUT2D eigenvalue weighted by molar-refractivity contribution is 5.97. The fourth-order valence-electron chi connectivity index (χ4n) is 2.17. The summed E-state index contributed by atoms with van der Waals surface area (Å²) in [6.45, 7) is 0.602. The Morgan fingerprint density at radius 2 is 1.90 bits per heavy atom. The van der Waals surface area contributed by atoms with Crippen molar-refractivity contribution < 1.29 is 24.2 Å². The molecule has 1 unspecified atom stereocenters. The van der Waals surface area contributed by atoms with Crippen molar-refractivity contribution in [3.63, 3.8) is 0 Å². The maximum absolute atomic E-state index is 12.0. The van der Waals surface area contributed by atoms with Gasteiger partial charge in [-0.1, -0.05) is 30.3 Å². The van der Waals surface area contributed by atoms with Gasteiger partial charge in [0.05, 0.1) is 13.2 Å². The van der Waals surface area contributed by atoms with E-state index in [1.165, 1.54) is 4.90 Å². The van der Waals surface area contributed by atoms with Crippen LogP contribution in [0.15, 0.2) is 30.3 Å². The van der Waals surface area contributed by atoms with Gasteiger partial charge >= 0.3 is 5.97 Å². The van der Waals surface area contributed by atoms with E-state index in [1.807, 2.05) is 6.07 Å². The fraction of sp³-hybridized carbons (Fsp3) is 0.400. The van der Waals surface area contributed by atoms with Gasteiger partial charge in [-0.25, -0.2) is 4.79 Å². The Morgan fingerprint density at radius 1 is 1.19 bits per heavy atom. The van der Waals surface area contributed by atoms with Gasteiger partial charge in [-0.05, 0) is 0 Å². The molecule has 1 atom stereocenters. The second-order valence-corrected chi connectivity index (χ2v) is 4.83. The molecule has 1 heterocycles. The number of carbonyl (C=O) groups excluding carboxylic acids is 2. The molecule has 1 aromatic carbocycles. The SMILES string of the molecule is O=C(CCC(=O)N1CCOC(C(=O)O)C1)c1ccccc1. The van der Waals surface area contributed by atoms with E-state index in [4.69, 9.17) is 9.84 Å². The van der Waals surface area contributed by atoms with Crippen molar-refractivity contribution in [1.29, 1.82) is 0 Å². The summed E-state index contributed by atoms with van der Waals surface area (Å²) in [7, 11) is 0. The topological polar surface area (TPSA) is 83.9 Å². The molecule has 2 rings (SSSR count). The van der Waals surface area contributed by atoms with Crippen LogP contribution in [0.2, 0.25) is 0 Å². The highest BCUT2D eigenvalue weighted by Crippen LogP contribution is 2.10. The number of Topliss-reactive ketones (excluding diaryl/α,β-unsaturated/α-hetero) is 1. The lowest BCUT2D eigenvalue weighted by Gasteiger charge is -2.30. The van der Waals surface area contributed by atoms with Crippen LogP contribution in [0.25, 0.3) is 0 Å². The van der Waals surface area contributed by atoms with Gasteiger partial charge in [0.1, 0.15) is 0 Å². The molecule has 0 aliphatic carbocycles. The second-order valence-electron chi connectivity index (χ2n) is 4.83. The molecule has 6 heteroatoms. The van der Waals surface area contributed by atoms with Crippen LogP contribution >= 0.6 is 0 Å². The number of aliphatic carboxylic acids is 1. The zero-order chi connectivity index (χ0) is 15.2. The number of carbonyl (C=O) groups is 3. The first-order chi connectivity index (χ1) is 10.1. The summed E-state index contributed by atoms with van der Waals surface area (Å²) in [5.41, 5.74) is 0.579. The van der Waals surface area contributed by atoms with E-state index in [0.717, 1.165) is 0 Å². The number of amides is 1. The van der Waals surface area contributed by atoms with Crippen LogP contribution in [-0.4, -0.2) is 53.5 Å². The number of benzene rings is 1. The van der Waals surface area contributed by atoms with Gasteiger partial charge in [-0.2, -0.15) is 0 Å². The summed E-state index contributed by atoms with van der Waals surface area (Å²) in [6.07, 6.45) is -0.773. The summed E-state index contributed by atoms with van der Waals surface area (Å²) < 4.78 is 5.05. The number of ether oxygens (including phenoxy) is 1. The third-order valence-electron chi connectivity index (χ3n) is 3.36. The standard InChI is InChI=1S/C15H17NO5/c17-12(11-4-2-1-3-5-11)6-7-14(18)16-8-9-21-13(10-16)15(19)20/h1-5,13H,6-10H2,(H,19,20). The fourth-order valence-corrected chi connectivity index (χ4v) is 2.17. The maximum Gasteiger partial charge on any atom is 0.334 e. The van der Waals surface area contributed by atoms with E-state index in [2.05, 4.69) is 0 Å². The lowest BCUT2D eigenvalue weighted by Crippen LogP contribution is -2.48. The zero-order valence-corrected chi connectivity index (χ0v) is 11.5. The van der Waals surface area contributed by atoms with Crippen LogP contribution in [0.3, 0.4) is 0 Å². The van der Waals surface area contributed by atoms with Crippen LogP contribution in [0.5, 0.6) is 0 Å². The highest BCUT2D eigenvalue weighted by Gasteiger charge is 2.28. The maximum atomic E-state index is 12.0. The molecule has 1 aliphatic rings. The second kappa shape index (κ2) is 6.99. The summed E-state index contributed by atoms with van der Waals surface area (Å²) in [6, 6.07) is 8.79. The minimum Gasteiger partial charge on any atom is -0.479 e. The minimum absolute atomic E-state index is 0.0354. The quantitative estimate of drug-likeness (QED) is 0.817. The number of hydrogen-bond acceptors (Lipinski definition) is 4. The van der Waals surface area contributed by atoms with E-state index >= 15 is 0 Å². The Hall–Kier alpha value is -2.21. The van der Waals surface area contributed by atoms with Gasteiger partial charge in [0.2, 0.25) is 5.91 Å². The molecule has 112 valence electrons. The number of carboxylic acid groups (broad SMARTS) is 1. The largest absolute Gasteiger partial charge is 0.479 e. The number of ketones is 1. The average molecular weight is 291 g/mol. The third kappa shape index (κ3) is 4.13. The molecule has 0 spiro atoms. The smallest absolute Gasteiger partial charge is 0.334 e. The first-order valence-electron chi connectivity index (χ1n) is 6.78. The molecule has 1 N–H and O–H groups in total. The van der Waals surface area contributed by atoms with Crippen molar-refractivity contribution in [1.82, 2.24) is 4.90 Å². The zero-order valence-electron chi connectivity index (χ0n) is 11.5. The van der Waals surface area contributed by atoms with Crippen molar-refractivity contribution in [2.45, 2.75) is 18.9 Å². The molecule has 1 aliphatic heterocycles. The highest BCUT2D eigenvalue weighted by atomic mass is 16.5. The minimum atomic E-state index is -1.08. The van der Waals surface area contributed by atoms with Gasteiger partial charge in [0.25, 0.3) is 0 Å². The molecule has 1 aromatic rings. The van der Waals surface area contributed by atoms with E-state index in [-0.39, 0.29) is 37.7 Å². The van der Waals surface area contributed by atoms with Crippen molar-refractivity contribution in [2.24, 2.45) is 0 Å². The third-order valence-corrected chi connectivity index (χ3v) is 3.36. The van der Waals surface area contributed by atoms with Crippen LogP contribution in [0.4, 0.5) is 0 Å². The molecule has 0 radical (unpaired) electrons. The predicted molar refractivity (Wildman–Crippen MR) is 74.0 cm³/mol. The molecule has 0 saturated carbocycles. The molecule has 1 fully saturated rings. The van der Waals surface area contributed by atoms with Gasteiger partial charge in [-0.3, -0.25) is 9.59 Å².